The number of benzene rings is 6. The second-order valence-electron chi connectivity index (χ2n) is 17.0. The third kappa shape index (κ3) is 5.57. The Morgan fingerprint density at radius 3 is 1.37 bits per heavy atom. The van der Waals surface area contributed by atoms with Crippen LogP contribution in [0.15, 0.2) is 170 Å². The van der Waals surface area contributed by atoms with Crippen LogP contribution < -0.4 is 0 Å². The summed E-state index contributed by atoms with van der Waals surface area (Å²) in [6.45, 7) is 4.79. The Kier molecular flexibility index (Phi) is 7.99. The molecule has 0 aliphatic heterocycles. The minimum absolute atomic E-state index is 0.112. The lowest BCUT2D eigenvalue weighted by atomic mass is 9.81. The first-order valence-corrected chi connectivity index (χ1v) is 24.3. The van der Waals surface area contributed by atoms with Crippen LogP contribution in [0.2, 0.25) is 0 Å². The van der Waals surface area contributed by atoms with Crippen molar-refractivity contribution in [3.63, 3.8) is 0 Å². The van der Waals surface area contributed by atoms with E-state index in [0.29, 0.717) is 0 Å². The molecule has 0 unspecified atom stereocenters. The largest absolute Gasteiger partial charge is 0.355 e. The summed E-state index contributed by atoms with van der Waals surface area (Å²) in [5.74, 6) is 0. The van der Waals surface area contributed by atoms with Gasteiger partial charge in [0, 0.05) is 95.1 Å². The Morgan fingerprint density at radius 1 is 0.371 bits per heavy atom. The van der Waals surface area contributed by atoms with Crippen LogP contribution in [0.25, 0.3) is 116 Å². The molecule has 0 amide bonds. The number of hydrogen-bond acceptors (Lipinski definition) is 4. The van der Waals surface area contributed by atoms with Gasteiger partial charge in [-0.1, -0.05) is 86.6 Å². The maximum absolute atomic E-state index is 3.56. The summed E-state index contributed by atoms with van der Waals surface area (Å²) in [6.07, 6.45) is 0. The normalized spacial score (nSPS) is 13.2. The molecule has 1 aliphatic rings. The molecular formula is C56H38N2S4. The number of nitrogens with zero attached hydrogens (tertiary/aromatic N) is 1. The number of fused-ring (bicyclic) bond motifs is 9. The molecule has 2 nitrogen and oxygen atoms in total. The molecule has 6 aromatic heterocycles. The van der Waals surface area contributed by atoms with E-state index in [1.165, 1.54) is 127 Å². The van der Waals surface area contributed by atoms with Crippen molar-refractivity contribution < 1.29 is 0 Å². The number of aryl methyl sites for hydroxylation is 1. The van der Waals surface area contributed by atoms with E-state index in [9.17, 15) is 0 Å². The lowest BCUT2D eigenvalue weighted by Gasteiger charge is -2.22. The standard InChI is InChI=1S/C56H38N2S4/c1-56(2)42-30-34(50-22-26-54(61-50)52-24-20-48(59-52)32-14-18-45-40(28-32)38-8-4-6-10-44(38)57-45)12-16-36(42)37-17-13-35(31-43(37)56)51-23-27-55(62-51)53-25-21-49(60-53)33-15-19-47-41(29-33)39-9-5-7-11-46(39)58(47)3/h4-31,57H,1-3H3. The Labute approximate surface area is 375 Å². The summed E-state index contributed by atoms with van der Waals surface area (Å²) >= 11 is 7.55. The molecule has 0 radical (unpaired) electrons. The van der Waals surface area contributed by atoms with Crippen molar-refractivity contribution in [1.29, 1.82) is 0 Å². The first kappa shape index (κ1) is 36.4. The lowest BCUT2D eigenvalue weighted by Crippen LogP contribution is -2.15. The van der Waals surface area contributed by atoms with Crippen molar-refractivity contribution in [3.05, 3.63) is 181 Å². The number of aromatic amines is 1. The molecule has 0 fully saturated rings. The molecule has 0 saturated heterocycles. The number of nitrogens with one attached hydrogen (secondary N) is 1. The van der Waals surface area contributed by atoms with Crippen LogP contribution in [0.1, 0.15) is 25.0 Å². The smallest absolute Gasteiger partial charge is 0.0489 e. The first-order valence-electron chi connectivity index (χ1n) is 21.0. The van der Waals surface area contributed by atoms with Gasteiger partial charge >= 0.3 is 0 Å². The van der Waals surface area contributed by atoms with E-state index >= 15 is 0 Å². The van der Waals surface area contributed by atoms with Crippen LogP contribution in [-0.4, -0.2) is 9.55 Å². The van der Waals surface area contributed by atoms with Crippen molar-refractivity contribution in [2.24, 2.45) is 7.05 Å². The summed E-state index contributed by atoms with van der Waals surface area (Å²) in [7, 11) is 2.16. The van der Waals surface area contributed by atoms with Gasteiger partial charge in [-0.3, -0.25) is 0 Å². The number of H-pyrrole nitrogens is 1. The van der Waals surface area contributed by atoms with Gasteiger partial charge < -0.3 is 9.55 Å². The highest BCUT2D eigenvalue weighted by molar-refractivity contribution is 7.25. The van der Waals surface area contributed by atoms with Crippen LogP contribution in [0.3, 0.4) is 0 Å². The molecule has 6 aromatic carbocycles. The molecule has 296 valence electrons. The quantitative estimate of drug-likeness (QED) is 0.172. The minimum atomic E-state index is -0.112. The number of aromatic nitrogens is 2. The van der Waals surface area contributed by atoms with Gasteiger partial charge in [0.1, 0.15) is 0 Å². The fraction of sp³-hybridized carbons (Fsp3) is 0.0714. The summed E-state index contributed by atoms with van der Waals surface area (Å²) in [5, 5.41) is 5.18. The molecule has 0 saturated carbocycles. The molecule has 0 spiro atoms. The summed E-state index contributed by atoms with van der Waals surface area (Å²) in [4.78, 5) is 14.0. The molecule has 6 heteroatoms. The lowest BCUT2D eigenvalue weighted by molar-refractivity contribution is 0.661. The van der Waals surface area contributed by atoms with Gasteiger partial charge in [-0.2, -0.15) is 0 Å². The van der Waals surface area contributed by atoms with E-state index in [0.717, 1.165) is 0 Å². The van der Waals surface area contributed by atoms with E-state index in [4.69, 9.17) is 0 Å². The molecular weight excluding hydrogens is 829 g/mol. The van der Waals surface area contributed by atoms with Crippen LogP contribution >= 0.6 is 45.3 Å². The van der Waals surface area contributed by atoms with Gasteiger partial charge in [0.05, 0.1) is 0 Å². The summed E-state index contributed by atoms with van der Waals surface area (Å²) in [5.41, 5.74) is 15.4. The molecule has 62 heavy (non-hydrogen) atoms. The van der Waals surface area contributed by atoms with Gasteiger partial charge in [0.2, 0.25) is 0 Å². The number of thiophene rings is 4. The minimum Gasteiger partial charge on any atom is -0.355 e. The molecule has 0 atom stereocenters. The second-order valence-corrected chi connectivity index (χ2v) is 21.4. The molecule has 1 aliphatic carbocycles. The van der Waals surface area contributed by atoms with E-state index < -0.39 is 0 Å². The average molecular weight is 867 g/mol. The van der Waals surface area contributed by atoms with E-state index in [-0.39, 0.29) is 5.41 Å². The van der Waals surface area contributed by atoms with Crippen molar-refractivity contribution >= 4 is 89.0 Å². The fourth-order valence-electron chi connectivity index (χ4n) is 9.87. The highest BCUT2D eigenvalue weighted by atomic mass is 32.1. The van der Waals surface area contributed by atoms with Crippen molar-refractivity contribution in [2.75, 3.05) is 0 Å². The van der Waals surface area contributed by atoms with Crippen molar-refractivity contribution in [2.45, 2.75) is 19.3 Å². The number of hydrogen-bond donors (Lipinski definition) is 1. The Balaban J connectivity index is 0.756. The van der Waals surface area contributed by atoms with Gasteiger partial charge in [-0.05, 0) is 142 Å². The highest BCUT2D eigenvalue weighted by Crippen LogP contribution is 2.52. The van der Waals surface area contributed by atoms with Crippen LogP contribution in [-0.2, 0) is 12.5 Å². The average Bonchev–Trinajstić information content (AvgIpc) is 4.18. The number of rotatable bonds is 6. The van der Waals surface area contributed by atoms with Gasteiger partial charge in [0.15, 0.2) is 0 Å². The molecule has 1 N–H and O–H groups in total. The number of para-hydroxylation sites is 2. The fourth-order valence-corrected chi connectivity index (χ4v) is 14.1. The summed E-state index contributed by atoms with van der Waals surface area (Å²) in [6, 6.07) is 63.6. The maximum atomic E-state index is 3.56. The first-order chi connectivity index (χ1) is 30.3. The molecule has 0 bridgehead atoms. The third-order valence-electron chi connectivity index (χ3n) is 13.1. The zero-order valence-electron chi connectivity index (χ0n) is 34.2. The predicted octanol–water partition coefficient (Wildman–Crippen LogP) is 17.5. The van der Waals surface area contributed by atoms with Crippen molar-refractivity contribution in [3.8, 4) is 72.4 Å². The zero-order valence-corrected chi connectivity index (χ0v) is 37.5. The van der Waals surface area contributed by atoms with Gasteiger partial charge in [-0.25, -0.2) is 0 Å². The van der Waals surface area contributed by atoms with E-state index in [1.807, 2.05) is 45.3 Å². The highest BCUT2D eigenvalue weighted by Gasteiger charge is 2.36. The zero-order chi connectivity index (χ0) is 41.3. The van der Waals surface area contributed by atoms with E-state index in [1.54, 1.807) is 0 Å². The Hall–Kier alpha value is -6.28. The van der Waals surface area contributed by atoms with Crippen LogP contribution in [0.5, 0.6) is 0 Å². The Morgan fingerprint density at radius 2 is 0.790 bits per heavy atom. The summed E-state index contributed by atoms with van der Waals surface area (Å²) < 4.78 is 2.30. The van der Waals surface area contributed by atoms with Crippen LogP contribution in [0.4, 0.5) is 0 Å². The Bertz CT molecular complexity index is 3760. The van der Waals surface area contributed by atoms with E-state index in [2.05, 4.69) is 200 Å². The second kappa shape index (κ2) is 13.6. The van der Waals surface area contributed by atoms with Crippen LogP contribution in [0, 0.1) is 0 Å². The molecule has 6 heterocycles. The predicted molar refractivity (Wildman–Crippen MR) is 271 cm³/mol. The van der Waals surface area contributed by atoms with Gasteiger partial charge in [-0.15, -0.1) is 45.3 Å². The topological polar surface area (TPSA) is 20.7 Å². The molecule has 13 rings (SSSR count). The van der Waals surface area contributed by atoms with Crippen molar-refractivity contribution in [1.82, 2.24) is 9.55 Å². The maximum Gasteiger partial charge on any atom is 0.0489 e. The van der Waals surface area contributed by atoms with Gasteiger partial charge in [0.25, 0.3) is 0 Å². The monoisotopic (exact) mass is 866 g/mol. The SMILES string of the molecule is Cn1c2ccccc2c2cc(-c3ccc(-c4ccc(-c5ccc6c(c5)C(C)(C)c5cc(-c7ccc(-c8ccc(-c9ccc%10[nH]c%11ccccc%11c%10c9)s8)s7)ccc5-6)s4)s3)ccc21. The molecule has 12 aromatic rings. The third-order valence-corrected chi connectivity index (χ3v) is 18.1.